The summed E-state index contributed by atoms with van der Waals surface area (Å²) >= 11 is 4.44. The van der Waals surface area contributed by atoms with Crippen molar-refractivity contribution in [1.29, 1.82) is 0 Å². The van der Waals surface area contributed by atoms with E-state index in [9.17, 15) is 0 Å². The molecule has 2 aromatic rings. The second-order valence-corrected chi connectivity index (χ2v) is 16.0. The molecule has 120 valence electrons. The molecule has 0 unspecified atom stereocenters. The van der Waals surface area contributed by atoms with Gasteiger partial charge in [0, 0.05) is 0 Å². The van der Waals surface area contributed by atoms with E-state index in [-0.39, 0.29) is 0 Å². The van der Waals surface area contributed by atoms with E-state index < -0.39 is 5.31 Å². The molecule has 0 fully saturated rings. The molecule has 0 nitrogen and oxygen atoms in total. The van der Waals surface area contributed by atoms with E-state index in [2.05, 4.69) is 90.0 Å². The van der Waals surface area contributed by atoms with E-state index in [1.54, 1.807) is 0 Å². The molecule has 0 amide bonds. The van der Waals surface area contributed by atoms with E-state index in [1.807, 2.05) is 0 Å². The molecule has 2 aromatic carbocycles. The van der Waals surface area contributed by atoms with Crippen molar-refractivity contribution in [2.75, 3.05) is 12.3 Å². The average molecular weight is 379 g/mol. The van der Waals surface area contributed by atoms with Crippen LogP contribution >= 0.6 is 20.8 Å². The third kappa shape index (κ3) is 3.47. The van der Waals surface area contributed by atoms with Crippen LogP contribution in [-0.2, 0) is 0 Å². The minimum atomic E-state index is -2.28. The van der Waals surface area contributed by atoms with Gasteiger partial charge < -0.3 is 0 Å². The van der Waals surface area contributed by atoms with Gasteiger partial charge in [0.1, 0.15) is 0 Å². The zero-order chi connectivity index (χ0) is 15.9. The van der Waals surface area contributed by atoms with Gasteiger partial charge in [0.05, 0.1) is 0 Å². The minimum absolute atomic E-state index is 1.25. The Bertz CT molecular complexity index is 513. The van der Waals surface area contributed by atoms with Gasteiger partial charge in [0.25, 0.3) is 0 Å². The summed E-state index contributed by atoms with van der Waals surface area (Å²) in [6.45, 7) is 4.59. The quantitative estimate of drug-likeness (QED) is 0.486. The maximum atomic E-state index is 4.44. The molecule has 0 aliphatic heterocycles. The first-order valence-electron chi connectivity index (χ1n) is 8.48. The van der Waals surface area contributed by atoms with Gasteiger partial charge in [-0.25, -0.2) is 0 Å². The number of rotatable bonds is 8. The number of hydrogen-bond acceptors (Lipinski definition) is 0. The first-order chi connectivity index (χ1) is 10.6. The molecule has 0 heterocycles. The summed E-state index contributed by atoms with van der Waals surface area (Å²) in [7, 11) is 0. The summed E-state index contributed by atoms with van der Waals surface area (Å²) in [6, 6.07) is 22.4. The number of halogens is 1. The first-order valence-corrected chi connectivity index (χ1v) is 13.1. The maximum absolute atomic E-state index is 4.44. The molecule has 0 bridgehead atoms. The molecule has 0 saturated carbocycles. The topological polar surface area (TPSA) is 0 Å². The van der Waals surface area contributed by atoms with Gasteiger partial charge in [-0.2, -0.15) is 0 Å². The van der Waals surface area contributed by atoms with E-state index in [0.29, 0.717) is 0 Å². The second-order valence-electron chi connectivity index (χ2n) is 6.20. The summed E-state index contributed by atoms with van der Waals surface area (Å²) in [5, 5.41) is 0.755. The van der Waals surface area contributed by atoms with Crippen molar-refractivity contribution >= 4 is 31.4 Å². The Hall–Kier alpha value is -0.650. The summed E-state index contributed by atoms with van der Waals surface area (Å²) in [4.78, 5) is 0. The van der Waals surface area contributed by atoms with Crippen molar-refractivity contribution in [1.82, 2.24) is 0 Å². The third-order valence-corrected chi connectivity index (χ3v) is 14.7. The van der Waals surface area contributed by atoms with Crippen LogP contribution in [0.15, 0.2) is 60.7 Å². The molecule has 2 heteroatoms. The number of benzene rings is 2. The summed E-state index contributed by atoms with van der Waals surface area (Å²) < 4.78 is 0. The van der Waals surface area contributed by atoms with Gasteiger partial charge >= 0.3 is 144 Å². The normalized spacial score (nSPS) is 13.5. The van der Waals surface area contributed by atoms with Crippen LogP contribution in [0.3, 0.4) is 0 Å². The zero-order valence-corrected chi connectivity index (χ0v) is 16.3. The second kappa shape index (κ2) is 7.75. The van der Waals surface area contributed by atoms with Crippen LogP contribution in [-0.4, -0.2) is 12.3 Å². The molecular weight excluding hydrogens is 351 g/mol. The Morgan fingerprint density at radius 1 is 0.682 bits per heavy atom. The van der Waals surface area contributed by atoms with Gasteiger partial charge in [-0.05, 0) is 0 Å². The van der Waals surface area contributed by atoms with Crippen molar-refractivity contribution in [2.45, 2.75) is 39.5 Å². The van der Waals surface area contributed by atoms with Gasteiger partial charge in [-0.1, -0.05) is 0 Å². The van der Waals surface area contributed by atoms with E-state index in [4.69, 9.17) is 0 Å². The number of hydrogen-bond donors (Lipinski definition) is 0. The fourth-order valence-corrected chi connectivity index (χ4v) is 11.4. The van der Waals surface area contributed by atoms with Crippen molar-refractivity contribution in [3.63, 3.8) is 0 Å². The Morgan fingerprint density at radius 3 is 1.36 bits per heavy atom. The summed E-state index contributed by atoms with van der Waals surface area (Å²) in [5.41, 5.74) is 0. The van der Waals surface area contributed by atoms with Crippen molar-refractivity contribution in [3.05, 3.63) is 60.7 Å². The van der Waals surface area contributed by atoms with Gasteiger partial charge in [-0.3, -0.25) is 0 Å². The molecule has 0 atom stereocenters. The molecule has 0 aliphatic carbocycles. The van der Waals surface area contributed by atoms with Crippen LogP contribution in [0, 0.1) is 0 Å². The Morgan fingerprint density at radius 2 is 1.05 bits per heavy atom. The monoisotopic (exact) mass is 378 g/mol. The Labute approximate surface area is 144 Å². The third-order valence-electron chi connectivity index (χ3n) is 4.65. The van der Waals surface area contributed by atoms with Crippen LogP contribution < -0.4 is 10.6 Å². The molecule has 0 saturated heterocycles. The van der Waals surface area contributed by atoms with E-state index in [0.717, 1.165) is 0 Å². The van der Waals surface area contributed by atoms with Gasteiger partial charge in [-0.15, -0.1) is 0 Å². The predicted molar refractivity (Wildman–Crippen MR) is 108 cm³/mol. The molecule has 22 heavy (non-hydrogen) atoms. The molecule has 0 N–H and O–H groups in total. The average Bonchev–Trinajstić information content (AvgIpc) is 2.60. The standard InChI is InChI=1S/C20H28BrP/c1-3-5-17-22(21,18-6-4-2,19-13-9-7-10-14-19)20-15-11-8-12-16-20/h7-16H,3-6,17-18H2,1-2H3. The fraction of sp³-hybridized carbons (Fsp3) is 0.400. The first kappa shape index (κ1) is 17.7. The van der Waals surface area contributed by atoms with Crippen molar-refractivity contribution in [3.8, 4) is 0 Å². The van der Waals surface area contributed by atoms with Gasteiger partial charge in [0.2, 0.25) is 0 Å². The molecule has 0 aromatic heterocycles. The fourth-order valence-electron chi connectivity index (χ4n) is 3.29. The predicted octanol–water partition coefficient (Wildman–Crippen LogP) is 6.10. The van der Waals surface area contributed by atoms with Crippen LogP contribution in [0.4, 0.5) is 0 Å². The molecule has 0 radical (unpaired) electrons. The van der Waals surface area contributed by atoms with Crippen LogP contribution in [0.1, 0.15) is 39.5 Å². The van der Waals surface area contributed by atoms with Crippen LogP contribution in [0.25, 0.3) is 0 Å². The van der Waals surface area contributed by atoms with Crippen LogP contribution in [0.2, 0.25) is 0 Å². The van der Waals surface area contributed by atoms with E-state index >= 15 is 0 Å². The van der Waals surface area contributed by atoms with Crippen molar-refractivity contribution in [2.24, 2.45) is 0 Å². The summed E-state index contributed by atoms with van der Waals surface area (Å²) in [5.74, 6) is 0. The Balaban J connectivity index is 2.63. The molecular formula is C20H28BrP. The van der Waals surface area contributed by atoms with Crippen molar-refractivity contribution < 1.29 is 0 Å². The van der Waals surface area contributed by atoms with Crippen LogP contribution in [0.5, 0.6) is 0 Å². The Kier molecular flexibility index (Phi) is 6.24. The summed E-state index contributed by atoms with van der Waals surface area (Å²) in [6.07, 6.45) is 7.56. The van der Waals surface area contributed by atoms with E-state index in [1.165, 1.54) is 48.6 Å². The number of unbranched alkanes of at least 4 members (excludes halogenated alkanes) is 2. The molecule has 2 rings (SSSR count). The molecule has 0 spiro atoms. The zero-order valence-electron chi connectivity index (χ0n) is 13.8. The molecule has 0 aliphatic rings. The van der Waals surface area contributed by atoms with Gasteiger partial charge in [0.15, 0.2) is 0 Å². The SMILES string of the molecule is CCCCP(Br)(CCCC)(c1ccccc1)c1ccccc1.